The number of benzene rings is 13. The van der Waals surface area contributed by atoms with Crippen molar-refractivity contribution in [2.24, 2.45) is 0 Å². The monoisotopic (exact) mass is 1330 g/mol. The Bertz CT molecular complexity index is 4610. The molecule has 2 heterocycles. The molecule has 15 rings (SSSR count). The van der Waals surface area contributed by atoms with Crippen LogP contribution in [0, 0.1) is 55.4 Å². The number of carbonyl (C=O) groups is 2. The molecule has 2 aliphatic heterocycles. The Labute approximate surface area is 597 Å². The summed E-state index contributed by atoms with van der Waals surface area (Å²) >= 11 is 0. The minimum absolute atomic E-state index is 0.0742. The topological polar surface area (TPSA) is 104 Å². The van der Waals surface area contributed by atoms with E-state index in [1.807, 2.05) is 240 Å². The van der Waals surface area contributed by atoms with Crippen molar-refractivity contribution >= 4 is 29.3 Å². The number of amides is 2. The molecule has 0 bridgehead atoms. The van der Waals surface area contributed by atoms with E-state index in [1.54, 1.807) is 0 Å². The molecule has 2 amide bonds. The molecule has 2 N–H and O–H groups in total. The van der Waals surface area contributed by atoms with Gasteiger partial charge in [-0.2, -0.15) is 0 Å². The summed E-state index contributed by atoms with van der Waals surface area (Å²) in [5, 5.41) is 5.69. The highest BCUT2D eigenvalue weighted by Gasteiger charge is 2.14. The summed E-state index contributed by atoms with van der Waals surface area (Å²) in [7, 11) is 0. The Kier molecular flexibility index (Phi) is 29.7. The molecule has 13 aromatic carbocycles. The predicted octanol–water partition coefficient (Wildman–Crippen LogP) is 23.7. The highest BCUT2D eigenvalue weighted by atomic mass is 16.7. The van der Waals surface area contributed by atoms with Crippen molar-refractivity contribution in [1.82, 2.24) is 0 Å². The van der Waals surface area contributed by atoms with Crippen LogP contribution in [0.15, 0.2) is 340 Å². The molecule has 0 atom stereocenters. The van der Waals surface area contributed by atoms with Crippen LogP contribution in [0.5, 0.6) is 34.5 Å². The summed E-state index contributed by atoms with van der Waals surface area (Å²) in [5.41, 5.74) is 19.0. The lowest BCUT2D eigenvalue weighted by molar-refractivity contribution is 0.101. The maximum atomic E-state index is 11.9. The number of hydrogen-bond donors (Lipinski definition) is 2. The Morgan fingerprint density at radius 3 is 1.32 bits per heavy atom. The van der Waals surface area contributed by atoms with Crippen molar-refractivity contribution in [1.29, 1.82) is 0 Å². The van der Waals surface area contributed by atoms with Gasteiger partial charge >= 0.3 is 0 Å². The molecule has 13 aromatic rings. The Morgan fingerprint density at radius 1 is 0.327 bits per heavy atom. The molecular weight excluding hydrogens is 1250 g/mol. The van der Waals surface area contributed by atoms with Crippen LogP contribution in [0.25, 0.3) is 28.3 Å². The SMILES string of the molecule is C=Cc1ccc(C)cc1.Cc1ccc(-c2ccccc2)cc1.Cc1ccc(C(=O)Nc2ccccc2)cc1.Cc1ccc2c(c1)OCO2.Cc1cccc(C(=O)Nc2ccccc2)c1.Cc1cccc(Oc2ccccc2)c1.Cc1cccc2c1OCO2.Cc1ccccc1-c1ccccc1. The molecular formula is C92H88N2O7. The fourth-order valence-electron chi connectivity index (χ4n) is 9.92. The molecule has 0 radical (unpaired) electrons. The largest absolute Gasteiger partial charge is 0.457 e. The van der Waals surface area contributed by atoms with Gasteiger partial charge in [0, 0.05) is 22.5 Å². The van der Waals surface area contributed by atoms with E-state index in [2.05, 4.69) is 172 Å². The molecule has 2 aliphatic rings. The van der Waals surface area contributed by atoms with Crippen molar-refractivity contribution in [3.05, 3.63) is 401 Å². The number of anilines is 2. The summed E-state index contributed by atoms with van der Waals surface area (Å²) in [6.45, 7) is 20.8. The molecule has 508 valence electrons. The number of para-hydroxylation sites is 4. The molecule has 0 spiro atoms. The molecule has 0 saturated heterocycles. The van der Waals surface area contributed by atoms with E-state index in [1.165, 1.54) is 55.6 Å². The second-order valence-corrected chi connectivity index (χ2v) is 23.8. The first kappa shape index (κ1) is 74.3. The van der Waals surface area contributed by atoms with Gasteiger partial charge in [0.15, 0.2) is 23.0 Å². The lowest BCUT2D eigenvalue weighted by Crippen LogP contribution is -2.11. The summed E-state index contributed by atoms with van der Waals surface area (Å²) in [6.07, 6.45) is 1.85. The molecule has 0 fully saturated rings. The second-order valence-electron chi connectivity index (χ2n) is 23.8. The van der Waals surface area contributed by atoms with Gasteiger partial charge in [-0.15, -0.1) is 0 Å². The fourth-order valence-corrected chi connectivity index (χ4v) is 9.92. The lowest BCUT2D eigenvalue weighted by Gasteiger charge is -2.05. The number of ether oxygens (including phenoxy) is 5. The van der Waals surface area contributed by atoms with Crippen LogP contribution >= 0.6 is 0 Å². The van der Waals surface area contributed by atoms with Gasteiger partial charge in [-0.25, -0.2) is 0 Å². The van der Waals surface area contributed by atoms with Gasteiger partial charge in [-0.1, -0.05) is 278 Å². The van der Waals surface area contributed by atoms with Gasteiger partial charge in [0.25, 0.3) is 11.8 Å². The van der Waals surface area contributed by atoms with Crippen molar-refractivity contribution in [2.75, 3.05) is 24.2 Å². The standard InChI is InChI=1S/2C14H13NO.C13H12O.2C13H12.C9H10.2C8H8O2/c1-11-6-5-7-12(10-11)14(16)15-13-8-3-2-4-9-13;1-11-7-9-12(10-8-11)14(16)15-13-5-3-2-4-6-13;1-11-6-5-9-13(10-11)14-12-7-3-2-4-8-12;1-11-7-5-6-10-13(11)12-8-3-2-4-9-12;1-11-7-9-13(10-8-11)12-5-3-2-4-6-12;1-3-9-6-4-8(2)5-7-9;1-6-2-3-7-8(4-6)10-5-9-7;1-6-3-2-4-7-8(6)10-5-9-7/h2*2-10H,1H3,(H,15,16);2-10H,1H3;2*2-10H,1H3;3-7H,1H2,2H3;2*2-4H,5H2,1H3. The highest BCUT2D eigenvalue weighted by Crippen LogP contribution is 2.35. The van der Waals surface area contributed by atoms with Gasteiger partial charge in [0.1, 0.15) is 11.5 Å². The summed E-state index contributed by atoms with van der Waals surface area (Å²) in [6, 6.07) is 110. The van der Waals surface area contributed by atoms with Crippen LogP contribution in [0.2, 0.25) is 0 Å². The molecule has 9 heteroatoms. The molecule has 0 saturated carbocycles. The zero-order chi connectivity index (χ0) is 71.4. The quantitative estimate of drug-likeness (QED) is 0.148. The van der Waals surface area contributed by atoms with E-state index in [0.717, 1.165) is 62.6 Å². The summed E-state index contributed by atoms with van der Waals surface area (Å²) in [4.78, 5) is 23.7. The second kappa shape index (κ2) is 40.3. The van der Waals surface area contributed by atoms with Crippen molar-refractivity contribution in [2.45, 2.75) is 55.4 Å². The highest BCUT2D eigenvalue weighted by molar-refractivity contribution is 6.05. The van der Waals surface area contributed by atoms with Gasteiger partial charge < -0.3 is 34.3 Å². The number of rotatable bonds is 9. The first-order chi connectivity index (χ1) is 49.2. The number of hydrogen-bond acceptors (Lipinski definition) is 7. The number of nitrogens with one attached hydrogen (secondary N) is 2. The van der Waals surface area contributed by atoms with Crippen LogP contribution < -0.4 is 34.3 Å². The van der Waals surface area contributed by atoms with Crippen molar-refractivity contribution in [3.8, 4) is 56.8 Å². The van der Waals surface area contributed by atoms with Crippen LogP contribution in [0.3, 0.4) is 0 Å². The lowest BCUT2D eigenvalue weighted by atomic mass is 10.0. The zero-order valence-corrected chi connectivity index (χ0v) is 58.8. The Balaban J connectivity index is 0.000000148. The van der Waals surface area contributed by atoms with Crippen molar-refractivity contribution < 1.29 is 33.3 Å². The third kappa shape index (κ3) is 25.8. The van der Waals surface area contributed by atoms with Crippen LogP contribution in [-0.4, -0.2) is 25.4 Å². The number of aryl methyl sites for hydroxylation is 8. The average molecular weight is 1330 g/mol. The molecule has 101 heavy (non-hydrogen) atoms. The van der Waals surface area contributed by atoms with Crippen molar-refractivity contribution in [3.63, 3.8) is 0 Å². The summed E-state index contributed by atoms with van der Waals surface area (Å²) < 4.78 is 26.3. The van der Waals surface area contributed by atoms with E-state index < -0.39 is 0 Å². The maximum Gasteiger partial charge on any atom is 0.255 e. The number of carbonyl (C=O) groups excluding carboxylic acids is 2. The van der Waals surface area contributed by atoms with Gasteiger partial charge in [0.05, 0.1) is 0 Å². The van der Waals surface area contributed by atoms with E-state index >= 15 is 0 Å². The molecule has 0 unspecified atom stereocenters. The first-order valence-electron chi connectivity index (χ1n) is 33.5. The van der Waals surface area contributed by atoms with Crippen LogP contribution in [0.1, 0.15) is 70.8 Å². The first-order valence-corrected chi connectivity index (χ1v) is 33.5. The average Bonchev–Trinajstić information content (AvgIpc) is 1.84. The minimum atomic E-state index is -0.0776. The van der Waals surface area contributed by atoms with E-state index in [-0.39, 0.29) is 11.8 Å². The molecule has 0 aromatic heterocycles. The van der Waals surface area contributed by atoms with Gasteiger partial charge in [-0.3, -0.25) is 9.59 Å². The smallest absolute Gasteiger partial charge is 0.255 e. The normalized spacial score (nSPS) is 10.5. The van der Waals surface area contributed by atoms with E-state index in [4.69, 9.17) is 23.7 Å². The Hall–Kier alpha value is -12.5. The van der Waals surface area contributed by atoms with Crippen LogP contribution in [-0.2, 0) is 0 Å². The zero-order valence-electron chi connectivity index (χ0n) is 58.8. The summed E-state index contributed by atoms with van der Waals surface area (Å²) in [5.74, 6) is 5.07. The predicted molar refractivity (Wildman–Crippen MR) is 418 cm³/mol. The third-order valence-corrected chi connectivity index (χ3v) is 15.4. The Morgan fingerprint density at radius 2 is 0.752 bits per heavy atom. The minimum Gasteiger partial charge on any atom is -0.457 e. The molecule has 9 nitrogen and oxygen atoms in total. The molecule has 0 aliphatic carbocycles. The van der Waals surface area contributed by atoms with Gasteiger partial charge in [-0.05, 0) is 196 Å². The van der Waals surface area contributed by atoms with Crippen LogP contribution in [0.4, 0.5) is 11.4 Å². The third-order valence-electron chi connectivity index (χ3n) is 15.4. The van der Waals surface area contributed by atoms with Gasteiger partial charge in [0.2, 0.25) is 13.6 Å². The van der Waals surface area contributed by atoms with E-state index in [0.29, 0.717) is 24.7 Å². The number of fused-ring (bicyclic) bond motifs is 2. The van der Waals surface area contributed by atoms with E-state index in [9.17, 15) is 9.59 Å². The maximum absolute atomic E-state index is 11.9. The fraction of sp³-hybridized carbons (Fsp3) is 0.109.